The van der Waals surface area contributed by atoms with Gasteiger partial charge >= 0.3 is 0 Å². The molecular weight excluding hydrogens is 497 g/mol. The number of aromatic nitrogens is 1. The van der Waals surface area contributed by atoms with Crippen molar-refractivity contribution in [3.05, 3.63) is 63.3 Å². The van der Waals surface area contributed by atoms with Crippen molar-refractivity contribution in [1.29, 1.82) is 0 Å². The number of piperidine rings is 1. The molecule has 4 aliphatic rings. The summed E-state index contributed by atoms with van der Waals surface area (Å²) in [6.45, 7) is 4.46. The lowest BCUT2D eigenvalue weighted by Gasteiger charge is -2.31. The van der Waals surface area contributed by atoms with Crippen LogP contribution in [0.2, 0.25) is 0 Å². The lowest BCUT2D eigenvalue weighted by atomic mass is 9.91. The number of hydrogen-bond donors (Lipinski definition) is 2. The van der Waals surface area contributed by atoms with Crippen LogP contribution in [0.25, 0.3) is 0 Å². The van der Waals surface area contributed by atoms with Gasteiger partial charge in [-0.15, -0.1) is 0 Å². The van der Waals surface area contributed by atoms with Gasteiger partial charge in [0.05, 0.1) is 35.0 Å². The molecule has 1 amide bonds. The summed E-state index contributed by atoms with van der Waals surface area (Å²) in [6.07, 6.45) is 1.38. The second-order valence-corrected chi connectivity index (χ2v) is 11.5. The van der Waals surface area contributed by atoms with E-state index in [1.165, 1.54) is 18.2 Å². The van der Waals surface area contributed by atoms with Gasteiger partial charge in [-0.1, -0.05) is 18.2 Å². The quantitative estimate of drug-likeness (QED) is 0.542. The van der Waals surface area contributed by atoms with E-state index in [4.69, 9.17) is 4.74 Å². The molecule has 2 aliphatic heterocycles. The van der Waals surface area contributed by atoms with Crippen molar-refractivity contribution in [3.63, 3.8) is 0 Å². The first kappa shape index (κ1) is 25.4. The minimum Gasteiger partial charge on any atom is -0.381 e. The second kappa shape index (κ2) is 9.41. The van der Waals surface area contributed by atoms with E-state index in [2.05, 4.69) is 22.6 Å². The van der Waals surface area contributed by atoms with Crippen molar-refractivity contribution in [2.24, 2.45) is 17.8 Å². The van der Waals surface area contributed by atoms with E-state index in [1.54, 1.807) is 17.7 Å². The molecule has 2 saturated heterocycles. The second-order valence-electron chi connectivity index (χ2n) is 11.5. The zero-order chi connectivity index (χ0) is 26.8. The van der Waals surface area contributed by atoms with E-state index >= 15 is 0 Å². The minimum absolute atomic E-state index is 0.0163. The Bertz CT molecular complexity index is 1290. The monoisotopic (exact) mass is 530 g/mol. The normalized spacial score (nSPS) is 29.4. The molecule has 5 atom stereocenters. The molecule has 38 heavy (non-hydrogen) atoms. The number of alkyl halides is 2. The van der Waals surface area contributed by atoms with Crippen LogP contribution in [-0.4, -0.2) is 54.8 Å². The molecule has 2 aliphatic carbocycles. The highest BCUT2D eigenvalue weighted by atomic mass is 19.3. The summed E-state index contributed by atoms with van der Waals surface area (Å²) in [5.41, 5.74) is -0.646. The number of halogens is 3. The number of nitrogens with one attached hydrogen (secondary N) is 2. The molecule has 2 N–H and O–H groups in total. The molecular formula is C28H33F3N4O3. The van der Waals surface area contributed by atoms with Gasteiger partial charge in [0.25, 0.3) is 17.9 Å². The van der Waals surface area contributed by atoms with E-state index in [0.29, 0.717) is 43.1 Å². The van der Waals surface area contributed by atoms with Gasteiger partial charge in [-0.05, 0) is 51.0 Å². The van der Waals surface area contributed by atoms with Crippen molar-refractivity contribution < 1.29 is 22.7 Å². The SMILES string of the molecule is C[C@@H](NC(=O)c1cn([C@]2(C3CC3)CCOC2)c(=O)cc1NC1[C@H]2CN(C)C[C@@H]12)c1cccc(C(F)F)c1F. The fraction of sp³-hybridized carbons (Fsp3) is 0.571. The summed E-state index contributed by atoms with van der Waals surface area (Å²) in [6, 6.07) is 4.61. The zero-order valence-corrected chi connectivity index (χ0v) is 21.6. The molecule has 6 rings (SSSR count). The minimum atomic E-state index is -2.96. The molecule has 3 heterocycles. The summed E-state index contributed by atoms with van der Waals surface area (Å²) >= 11 is 0. The average Bonchev–Trinajstić information content (AvgIpc) is 3.72. The molecule has 10 heteroatoms. The number of amides is 1. The Hall–Kier alpha value is -2.85. The predicted octanol–water partition coefficient (Wildman–Crippen LogP) is 3.91. The third-order valence-electron chi connectivity index (χ3n) is 8.95. The van der Waals surface area contributed by atoms with Crippen LogP contribution in [0.1, 0.15) is 60.1 Å². The number of anilines is 1. The van der Waals surface area contributed by atoms with Gasteiger partial charge in [0, 0.05) is 43.6 Å². The summed E-state index contributed by atoms with van der Waals surface area (Å²) in [5.74, 6) is -0.275. The number of hydrogen-bond acceptors (Lipinski definition) is 5. The largest absolute Gasteiger partial charge is 0.381 e. The number of likely N-dealkylation sites (tertiary alicyclic amines) is 1. The van der Waals surface area contributed by atoms with Crippen LogP contribution < -0.4 is 16.2 Å². The van der Waals surface area contributed by atoms with Gasteiger partial charge in [-0.2, -0.15) is 0 Å². The lowest BCUT2D eigenvalue weighted by molar-refractivity contribution is 0.0937. The van der Waals surface area contributed by atoms with E-state index in [-0.39, 0.29) is 22.7 Å². The van der Waals surface area contributed by atoms with Crippen molar-refractivity contribution >= 4 is 11.6 Å². The standard InChI is InChI=1S/C28H33F3N4O3/c1-15(17-4-3-5-18(24(17)29)26(30)31)32-27(37)21-13-35(28(16-6-7-16)8-9-38-14-28)23(36)10-22(21)33-25-19-11-34(2)12-20(19)25/h3-5,10,13,15-16,19-20,25-26,33H,6-9,11-12,14H2,1-2H3,(H,32,37)/t15-,19-,20+,25?,28-/m1/s1. The molecule has 0 spiro atoms. The first-order valence-corrected chi connectivity index (χ1v) is 13.4. The number of nitrogens with zero attached hydrogens (tertiary/aromatic N) is 2. The smallest absolute Gasteiger partial charge is 0.266 e. The van der Waals surface area contributed by atoms with Gasteiger partial charge in [-0.25, -0.2) is 13.2 Å². The number of carbonyl (C=O) groups excluding carboxylic acids is 1. The highest BCUT2D eigenvalue weighted by molar-refractivity contribution is 5.99. The van der Waals surface area contributed by atoms with Gasteiger partial charge in [-0.3, -0.25) is 9.59 Å². The Morgan fingerprint density at radius 3 is 2.53 bits per heavy atom. The summed E-state index contributed by atoms with van der Waals surface area (Å²) < 4.78 is 48.7. The Balaban J connectivity index is 1.33. The van der Waals surface area contributed by atoms with Gasteiger partial charge in [0.1, 0.15) is 5.82 Å². The summed E-state index contributed by atoms with van der Waals surface area (Å²) in [4.78, 5) is 29.4. The first-order chi connectivity index (χ1) is 18.2. The molecule has 0 radical (unpaired) electrons. The molecule has 1 aromatic carbocycles. The maximum absolute atomic E-state index is 14.8. The van der Waals surface area contributed by atoms with Gasteiger partial charge < -0.3 is 24.8 Å². The number of fused-ring (bicyclic) bond motifs is 1. The van der Waals surface area contributed by atoms with Crippen LogP contribution in [0.4, 0.5) is 18.9 Å². The first-order valence-electron chi connectivity index (χ1n) is 13.4. The molecule has 0 bridgehead atoms. The topological polar surface area (TPSA) is 75.6 Å². The lowest BCUT2D eigenvalue weighted by Crippen LogP contribution is -2.44. The molecule has 204 valence electrons. The number of rotatable bonds is 8. The molecule has 1 aromatic heterocycles. The fourth-order valence-corrected chi connectivity index (χ4v) is 6.64. The molecule has 2 aromatic rings. The van der Waals surface area contributed by atoms with Crippen LogP contribution in [0.3, 0.4) is 0 Å². The molecule has 4 fully saturated rings. The van der Waals surface area contributed by atoms with Gasteiger partial charge in [0.15, 0.2) is 0 Å². The molecule has 7 nitrogen and oxygen atoms in total. The van der Waals surface area contributed by atoms with Crippen LogP contribution in [0, 0.1) is 23.6 Å². The van der Waals surface area contributed by atoms with E-state index in [9.17, 15) is 22.8 Å². The number of ether oxygens (including phenoxy) is 1. The Labute approximate surface area is 219 Å². The van der Waals surface area contributed by atoms with Crippen molar-refractivity contribution in [2.75, 3.05) is 38.7 Å². The molecule has 2 saturated carbocycles. The third kappa shape index (κ3) is 4.31. The Morgan fingerprint density at radius 1 is 1.18 bits per heavy atom. The predicted molar refractivity (Wildman–Crippen MR) is 136 cm³/mol. The zero-order valence-electron chi connectivity index (χ0n) is 21.6. The van der Waals surface area contributed by atoms with E-state index < -0.39 is 35.3 Å². The Kier molecular flexibility index (Phi) is 6.30. The number of benzene rings is 1. The van der Waals surface area contributed by atoms with Crippen molar-refractivity contribution in [1.82, 2.24) is 14.8 Å². The molecule has 1 unspecified atom stereocenters. The van der Waals surface area contributed by atoms with Crippen LogP contribution in [0.15, 0.2) is 35.3 Å². The van der Waals surface area contributed by atoms with E-state index in [0.717, 1.165) is 32.0 Å². The number of pyridine rings is 1. The summed E-state index contributed by atoms with van der Waals surface area (Å²) in [5, 5.41) is 6.23. The fourth-order valence-electron chi connectivity index (χ4n) is 6.64. The van der Waals surface area contributed by atoms with Crippen molar-refractivity contribution in [2.45, 2.75) is 50.2 Å². The highest BCUT2D eigenvalue weighted by Gasteiger charge is 2.55. The van der Waals surface area contributed by atoms with Crippen LogP contribution in [-0.2, 0) is 10.3 Å². The Morgan fingerprint density at radius 2 is 1.89 bits per heavy atom. The summed E-state index contributed by atoms with van der Waals surface area (Å²) in [7, 11) is 2.08. The maximum atomic E-state index is 14.8. The number of carbonyl (C=O) groups is 1. The van der Waals surface area contributed by atoms with Crippen LogP contribution in [0.5, 0.6) is 0 Å². The van der Waals surface area contributed by atoms with E-state index in [1.807, 2.05) is 0 Å². The van der Waals surface area contributed by atoms with Crippen LogP contribution >= 0.6 is 0 Å². The van der Waals surface area contributed by atoms with Gasteiger partial charge in [0.2, 0.25) is 0 Å². The average molecular weight is 531 g/mol. The third-order valence-corrected chi connectivity index (χ3v) is 8.95. The highest BCUT2D eigenvalue weighted by Crippen LogP contribution is 2.49. The van der Waals surface area contributed by atoms with Crippen molar-refractivity contribution in [3.8, 4) is 0 Å². The maximum Gasteiger partial charge on any atom is 0.266 e.